The summed E-state index contributed by atoms with van der Waals surface area (Å²) < 4.78 is 0. The number of rotatable bonds is 0. The molecular formula is C12H8ClN3. The normalized spacial score (nSPS) is 11.1. The number of benzene rings is 1. The van der Waals surface area contributed by atoms with E-state index >= 15 is 0 Å². The van der Waals surface area contributed by atoms with Gasteiger partial charge in [-0.2, -0.15) is 0 Å². The highest BCUT2D eigenvalue weighted by atomic mass is 35.5. The lowest BCUT2D eigenvalue weighted by Crippen LogP contribution is -1.91. The Morgan fingerprint density at radius 2 is 1.88 bits per heavy atom. The van der Waals surface area contributed by atoms with Crippen molar-refractivity contribution >= 4 is 39.1 Å². The van der Waals surface area contributed by atoms with Crippen molar-refractivity contribution in [3.63, 3.8) is 0 Å². The Morgan fingerprint density at radius 1 is 1.06 bits per heavy atom. The van der Waals surface area contributed by atoms with E-state index in [1.165, 1.54) is 0 Å². The number of pyridine rings is 2. The van der Waals surface area contributed by atoms with Crippen LogP contribution in [0.25, 0.3) is 21.8 Å². The summed E-state index contributed by atoms with van der Waals surface area (Å²) in [5.41, 5.74) is 7.84. The number of aromatic nitrogens is 2. The monoisotopic (exact) mass is 229 g/mol. The first kappa shape index (κ1) is 9.36. The van der Waals surface area contributed by atoms with Crippen LogP contribution < -0.4 is 5.73 Å². The fourth-order valence-corrected chi connectivity index (χ4v) is 1.91. The van der Waals surface area contributed by atoms with Crippen LogP contribution in [0.4, 0.5) is 5.69 Å². The molecule has 0 radical (unpaired) electrons. The molecule has 3 aromatic rings. The molecule has 0 saturated heterocycles. The first-order valence-electron chi connectivity index (χ1n) is 4.85. The Kier molecular flexibility index (Phi) is 1.94. The van der Waals surface area contributed by atoms with Gasteiger partial charge in [-0.25, -0.2) is 4.98 Å². The van der Waals surface area contributed by atoms with E-state index in [1.54, 1.807) is 6.20 Å². The van der Waals surface area contributed by atoms with E-state index in [9.17, 15) is 0 Å². The Bertz CT molecular complexity index is 694. The molecule has 0 spiro atoms. The van der Waals surface area contributed by atoms with Crippen molar-refractivity contribution in [2.24, 2.45) is 0 Å². The molecule has 4 heteroatoms. The lowest BCUT2D eigenvalue weighted by Gasteiger charge is -2.04. The summed E-state index contributed by atoms with van der Waals surface area (Å²) in [4.78, 5) is 8.60. The second-order valence-corrected chi connectivity index (χ2v) is 3.94. The maximum absolute atomic E-state index is 5.92. The van der Waals surface area contributed by atoms with Crippen LogP contribution in [0.1, 0.15) is 0 Å². The van der Waals surface area contributed by atoms with Crippen LogP contribution in [0, 0.1) is 0 Å². The fraction of sp³-hybridized carbons (Fsp3) is 0. The molecule has 0 bridgehead atoms. The summed E-state index contributed by atoms with van der Waals surface area (Å²) in [5.74, 6) is 0. The number of fused-ring (bicyclic) bond motifs is 3. The molecule has 0 aliphatic carbocycles. The standard InChI is InChI=1S/C12H8ClN3/c13-12-9(14)6-8-4-3-7-2-1-5-15-10(7)11(8)16-12/h1-6H,14H2. The Hall–Kier alpha value is -1.87. The van der Waals surface area contributed by atoms with E-state index in [0.29, 0.717) is 10.8 Å². The lowest BCUT2D eigenvalue weighted by atomic mass is 10.1. The van der Waals surface area contributed by atoms with E-state index in [2.05, 4.69) is 9.97 Å². The van der Waals surface area contributed by atoms with Crippen molar-refractivity contribution in [2.75, 3.05) is 5.73 Å². The Balaban J connectivity index is 2.55. The van der Waals surface area contributed by atoms with Gasteiger partial charge in [0.15, 0.2) is 5.15 Å². The van der Waals surface area contributed by atoms with Crippen LogP contribution in [0.15, 0.2) is 36.5 Å². The molecule has 1 aromatic carbocycles. The second-order valence-electron chi connectivity index (χ2n) is 3.58. The summed E-state index contributed by atoms with van der Waals surface area (Å²) in [6.45, 7) is 0. The van der Waals surface area contributed by atoms with Gasteiger partial charge in [0.1, 0.15) is 0 Å². The molecule has 0 fully saturated rings. The van der Waals surface area contributed by atoms with Crippen LogP contribution in [0.3, 0.4) is 0 Å². The van der Waals surface area contributed by atoms with Crippen molar-refractivity contribution < 1.29 is 0 Å². The van der Waals surface area contributed by atoms with Crippen molar-refractivity contribution in [2.45, 2.75) is 0 Å². The van der Waals surface area contributed by atoms with Gasteiger partial charge < -0.3 is 5.73 Å². The maximum atomic E-state index is 5.92. The zero-order chi connectivity index (χ0) is 11.1. The third kappa shape index (κ3) is 1.29. The highest BCUT2D eigenvalue weighted by Gasteiger charge is 2.05. The van der Waals surface area contributed by atoms with Crippen LogP contribution in [0.2, 0.25) is 5.15 Å². The van der Waals surface area contributed by atoms with Gasteiger partial charge in [-0.3, -0.25) is 4.98 Å². The molecule has 3 rings (SSSR count). The van der Waals surface area contributed by atoms with Crippen molar-refractivity contribution in [3.05, 3.63) is 41.7 Å². The van der Waals surface area contributed by atoms with Gasteiger partial charge in [0, 0.05) is 17.0 Å². The predicted octanol–water partition coefficient (Wildman–Crippen LogP) is 3.02. The quantitative estimate of drug-likeness (QED) is 0.476. The molecule has 2 aromatic heterocycles. The minimum absolute atomic E-state index is 0.325. The molecule has 3 nitrogen and oxygen atoms in total. The zero-order valence-electron chi connectivity index (χ0n) is 8.31. The minimum atomic E-state index is 0.325. The lowest BCUT2D eigenvalue weighted by molar-refractivity contribution is 1.37. The van der Waals surface area contributed by atoms with Gasteiger partial charge >= 0.3 is 0 Å². The maximum Gasteiger partial charge on any atom is 0.152 e. The van der Waals surface area contributed by atoms with Gasteiger partial charge in [0.25, 0.3) is 0 Å². The number of nitrogens with two attached hydrogens (primary N) is 1. The summed E-state index contributed by atoms with van der Waals surface area (Å²) in [6.07, 6.45) is 1.74. The van der Waals surface area contributed by atoms with Crippen LogP contribution in [-0.4, -0.2) is 9.97 Å². The average Bonchev–Trinajstić information content (AvgIpc) is 2.31. The van der Waals surface area contributed by atoms with E-state index in [1.807, 2.05) is 30.3 Å². The van der Waals surface area contributed by atoms with E-state index in [4.69, 9.17) is 17.3 Å². The van der Waals surface area contributed by atoms with Gasteiger partial charge in [-0.05, 0) is 12.1 Å². The number of hydrogen-bond acceptors (Lipinski definition) is 3. The number of hydrogen-bond donors (Lipinski definition) is 1. The topological polar surface area (TPSA) is 51.8 Å². The number of nitrogens with zero attached hydrogens (tertiary/aromatic N) is 2. The number of nitrogen functional groups attached to an aromatic ring is 1. The summed E-state index contributed by atoms with van der Waals surface area (Å²) in [5, 5.41) is 2.32. The highest BCUT2D eigenvalue weighted by Crippen LogP contribution is 2.26. The largest absolute Gasteiger partial charge is 0.396 e. The van der Waals surface area contributed by atoms with Crippen molar-refractivity contribution in [3.8, 4) is 0 Å². The van der Waals surface area contributed by atoms with Gasteiger partial charge in [-0.1, -0.05) is 29.8 Å². The van der Waals surface area contributed by atoms with Gasteiger partial charge in [0.2, 0.25) is 0 Å². The zero-order valence-corrected chi connectivity index (χ0v) is 9.07. The minimum Gasteiger partial charge on any atom is -0.396 e. The number of anilines is 1. The van der Waals surface area contributed by atoms with E-state index in [0.717, 1.165) is 21.8 Å². The van der Waals surface area contributed by atoms with E-state index < -0.39 is 0 Å². The van der Waals surface area contributed by atoms with Gasteiger partial charge in [0.05, 0.1) is 16.7 Å². The molecular weight excluding hydrogens is 222 g/mol. The molecule has 0 amide bonds. The summed E-state index contributed by atoms with van der Waals surface area (Å²) in [6, 6.07) is 9.68. The molecule has 0 aliphatic heterocycles. The SMILES string of the molecule is Nc1cc2ccc3cccnc3c2nc1Cl. The molecule has 78 valence electrons. The molecule has 16 heavy (non-hydrogen) atoms. The van der Waals surface area contributed by atoms with Crippen molar-refractivity contribution in [1.29, 1.82) is 0 Å². The molecule has 0 aliphatic rings. The van der Waals surface area contributed by atoms with Crippen LogP contribution in [-0.2, 0) is 0 Å². The smallest absolute Gasteiger partial charge is 0.152 e. The van der Waals surface area contributed by atoms with Gasteiger partial charge in [-0.15, -0.1) is 0 Å². The molecule has 0 unspecified atom stereocenters. The first-order chi connectivity index (χ1) is 7.75. The first-order valence-corrected chi connectivity index (χ1v) is 5.23. The predicted molar refractivity (Wildman–Crippen MR) is 66.5 cm³/mol. The van der Waals surface area contributed by atoms with Crippen molar-refractivity contribution in [1.82, 2.24) is 9.97 Å². The Morgan fingerprint density at radius 3 is 2.75 bits per heavy atom. The summed E-state index contributed by atoms with van der Waals surface area (Å²) >= 11 is 5.92. The van der Waals surface area contributed by atoms with E-state index in [-0.39, 0.29) is 0 Å². The Labute approximate surface area is 96.9 Å². The molecule has 0 atom stereocenters. The highest BCUT2D eigenvalue weighted by molar-refractivity contribution is 6.32. The average molecular weight is 230 g/mol. The third-order valence-corrected chi connectivity index (χ3v) is 2.84. The molecule has 2 N–H and O–H groups in total. The molecule has 2 heterocycles. The van der Waals surface area contributed by atoms with Crippen LogP contribution in [0.5, 0.6) is 0 Å². The number of halogens is 1. The summed E-state index contributed by atoms with van der Waals surface area (Å²) in [7, 11) is 0. The fourth-order valence-electron chi connectivity index (χ4n) is 1.77. The van der Waals surface area contributed by atoms with Crippen LogP contribution >= 0.6 is 11.6 Å². The third-order valence-electron chi connectivity index (χ3n) is 2.54. The second kappa shape index (κ2) is 3.32. The molecule has 0 saturated carbocycles.